The zero-order valence-corrected chi connectivity index (χ0v) is 17.4. The fraction of sp³-hybridized carbons (Fsp3) is 0.238. The molecule has 4 aromatic rings. The number of methoxy groups -OCH3 is 1. The number of rotatable bonds is 8. The van der Waals surface area contributed by atoms with Crippen LogP contribution in [0.15, 0.2) is 58.7 Å². The Labute approximate surface area is 177 Å². The van der Waals surface area contributed by atoms with Gasteiger partial charge in [0.2, 0.25) is 17.6 Å². The molecule has 8 nitrogen and oxygen atoms in total. The Bertz CT molecular complexity index is 1100. The topological polar surface area (TPSA) is 95.1 Å². The van der Waals surface area contributed by atoms with Crippen LogP contribution in [0.2, 0.25) is 0 Å². The second kappa shape index (κ2) is 8.91. The first kappa shape index (κ1) is 19.8. The van der Waals surface area contributed by atoms with Gasteiger partial charge < -0.3 is 19.1 Å². The zero-order chi connectivity index (χ0) is 20.9. The summed E-state index contributed by atoms with van der Waals surface area (Å²) < 4.78 is 12.4. The van der Waals surface area contributed by atoms with Gasteiger partial charge in [-0.25, -0.2) is 4.98 Å². The predicted molar refractivity (Wildman–Crippen MR) is 112 cm³/mol. The molecule has 0 spiro atoms. The van der Waals surface area contributed by atoms with E-state index < -0.39 is 0 Å². The summed E-state index contributed by atoms with van der Waals surface area (Å²) in [6, 6.07) is 11.0. The summed E-state index contributed by atoms with van der Waals surface area (Å²) in [7, 11) is 3.52. The highest BCUT2D eigenvalue weighted by atomic mass is 32.1. The molecule has 3 aromatic heterocycles. The van der Waals surface area contributed by atoms with Crippen molar-refractivity contribution < 1.29 is 14.1 Å². The Balaban J connectivity index is 1.44. The molecule has 1 atom stereocenters. The van der Waals surface area contributed by atoms with Crippen LogP contribution >= 0.6 is 11.3 Å². The van der Waals surface area contributed by atoms with Crippen LogP contribution in [-0.4, -0.2) is 32.7 Å². The number of hydrogen-bond acceptors (Lipinski definition) is 7. The van der Waals surface area contributed by atoms with Crippen LogP contribution in [0.5, 0.6) is 5.75 Å². The van der Waals surface area contributed by atoms with E-state index in [0.717, 1.165) is 22.0 Å². The van der Waals surface area contributed by atoms with E-state index in [1.54, 1.807) is 13.3 Å². The van der Waals surface area contributed by atoms with Gasteiger partial charge in [0.15, 0.2) is 0 Å². The second-order valence-corrected chi connectivity index (χ2v) is 7.61. The number of thiophene rings is 1. The van der Waals surface area contributed by atoms with E-state index >= 15 is 0 Å². The zero-order valence-electron chi connectivity index (χ0n) is 16.6. The minimum absolute atomic E-state index is 0.130. The molecule has 0 saturated heterocycles. The summed E-state index contributed by atoms with van der Waals surface area (Å²) in [5.41, 5.74) is 0.913. The maximum Gasteiger partial charge on any atom is 0.227 e. The second-order valence-electron chi connectivity index (χ2n) is 6.66. The number of carbonyl (C=O) groups excluding carboxylic acids is 1. The average Bonchev–Trinajstić information content (AvgIpc) is 3.52. The van der Waals surface area contributed by atoms with Gasteiger partial charge in [-0.1, -0.05) is 23.4 Å². The molecule has 0 radical (unpaired) electrons. The van der Waals surface area contributed by atoms with Gasteiger partial charge in [0.05, 0.1) is 12.0 Å². The number of amides is 1. The molecule has 0 aliphatic rings. The lowest BCUT2D eigenvalue weighted by Gasteiger charge is -2.19. The van der Waals surface area contributed by atoms with Gasteiger partial charge in [-0.05, 0) is 29.1 Å². The van der Waals surface area contributed by atoms with Gasteiger partial charge in [-0.2, -0.15) is 4.98 Å². The van der Waals surface area contributed by atoms with E-state index in [1.165, 1.54) is 11.3 Å². The van der Waals surface area contributed by atoms with Crippen LogP contribution in [0.4, 0.5) is 0 Å². The van der Waals surface area contributed by atoms with Crippen molar-refractivity contribution in [3.63, 3.8) is 0 Å². The normalized spacial score (nSPS) is 11.9. The van der Waals surface area contributed by atoms with Crippen LogP contribution in [0, 0.1) is 0 Å². The van der Waals surface area contributed by atoms with Gasteiger partial charge in [0, 0.05) is 32.3 Å². The quantitative estimate of drug-likeness (QED) is 0.467. The van der Waals surface area contributed by atoms with E-state index in [4.69, 9.17) is 9.26 Å². The SMILES string of the molecule is COc1ccc([C@H](NC(=O)CCc2nc(-c3cccs3)no2)c2nccn2C)cc1. The third-order valence-electron chi connectivity index (χ3n) is 4.65. The van der Waals surface area contributed by atoms with Crippen LogP contribution in [0.1, 0.15) is 29.7 Å². The molecule has 30 heavy (non-hydrogen) atoms. The molecule has 0 bridgehead atoms. The standard InChI is InChI=1S/C21H21N5O3S/c1-26-12-11-22-21(26)19(14-5-7-15(28-2)8-6-14)23-17(27)9-10-18-24-20(25-29-18)16-4-3-13-30-16/h3-8,11-13,19H,9-10H2,1-2H3,(H,23,27)/t19-/m0/s1. The maximum absolute atomic E-state index is 12.7. The van der Waals surface area contributed by atoms with Gasteiger partial charge in [0.25, 0.3) is 0 Å². The number of ether oxygens (including phenoxy) is 1. The van der Waals surface area contributed by atoms with Crippen LogP contribution < -0.4 is 10.1 Å². The monoisotopic (exact) mass is 423 g/mol. The van der Waals surface area contributed by atoms with Crippen molar-refractivity contribution >= 4 is 17.2 Å². The highest BCUT2D eigenvalue weighted by molar-refractivity contribution is 7.13. The molecule has 1 amide bonds. The first-order valence-electron chi connectivity index (χ1n) is 9.41. The fourth-order valence-corrected chi connectivity index (χ4v) is 3.71. The fourth-order valence-electron chi connectivity index (χ4n) is 3.06. The predicted octanol–water partition coefficient (Wildman–Crippen LogP) is 3.38. The van der Waals surface area contributed by atoms with Gasteiger partial charge in [-0.15, -0.1) is 11.3 Å². The molecular weight excluding hydrogens is 402 g/mol. The van der Waals surface area contributed by atoms with Crippen molar-refractivity contribution in [3.8, 4) is 16.5 Å². The maximum atomic E-state index is 12.7. The first-order valence-corrected chi connectivity index (χ1v) is 10.3. The van der Waals surface area contributed by atoms with Crippen LogP contribution in [0.3, 0.4) is 0 Å². The average molecular weight is 423 g/mol. The lowest BCUT2D eigenvalue weighted by molar-refractivity contribution is -0.121. The number of imidazole rings is 1. The third kappa shape index (κ3) is 4.41. The largest absolute Gasteiger partial charge is 0.497 e. The molecule has 0 unspecified atom stereocenters. The Morgan fingerprint density at radius 2 is 2.13 bits per heavy atom. The summed E-state index contributed by atoms with van der Waals surface area (Å²) in [5.74, 6) is 2.35. The summed E-state index contributed by atoms with van der Waals surface area (Å²) in [6.45, 7) is 0. The van der Waals surface area contributed by atoms with Crippen molar-refractivity contribution in [2.24, 2.45) is 7.05 Å². The van der Waals surface area contributed by atoms with Crippen molar-refractivity contribution in [2.75, 3.05) is 7.11 Å². The highest BCUT2D eigenvalue weighted by Gasteiger charge is 2.21. The van der Waals surface area contributed by atoms with Gasteiger partial charge >= 0.3 is 0 Å². The number of hydrogen-bond donors (Lipinski definition) is 1. The number of aryl methyl sites for hydroxylation is 2. The minimum Gasteiger partial charge on any atom is -0.497 e. The molecule has 0 saturated carbocycles. The van der Waals surface area contributed by atoms with Crippen LogP contribution in [-0.2, 0) is 18.3 Å². The molecule has 0 aliphatic carbocycles. The number of nitrogens with zero attached hydrogens (tertiary/aromatic N) is 4. The van der Waals surface area contributed by atoms with E-state index in [1.807, 2.05) is 59.6 Å². The van der Waals surface area contributed by atoms with E-state index in [0.29, 0.717) is 18.1 Å². The minimum atomic E-state index is -0.382. The number of benzene rings is 1. The summed E-state index contributed by atoms with van der Waals surface area (Å²) in [6.07, 6.45) is 4.15. The molecule has 0 aliphatic heterocycles. The molecule has 1 aromatic carbocycles. The Hall–Kier alpha value is -3.46. The molecule has 3 heterocycles. The molecule has 1 N–H and O–H groups in total. The Morgan fingerprint density at radius 3 is 2.80 bits per heavy atom. The lowest BCUT2D eigenvalue weighted by Crippen LogP contribution is -2.31. The smallest absolute Gasteiger partial charge is 0.227 e. The van der Waals surface area contributed by atoms with Crippen molar-refractivity contribution in [3.05, 3.63) is 71.5 Å². The van der Waals surface area contributed by atoms with Crippen LogP contribution in [0.25, 0.3) is 10.7 Å². The van der Waals surface area contributed by atoms with E-state index in [-0.39, 0.29) is 18.4 Å². The Kier molecular flexibility index (Phi) is 5.89. The Morgan fingerprint density at radius 1 is 1.30 bits per heavy atom. The summed E-state index contributed by atoms with van der Waals surface area (Å²) >= 11 is 1.54. The van der Waals surface area contributed by atoms with Gasteiger partial charge in [0.1, 0.15) is 17.6 Å². The number of aromatic nitrogens is 4. The molecule has 0 fully saturated rings. The van der Waals surface area contributed by atoms with E-state index in [9.17, 15) is 4.79 Å². The van der Waals surface area contributed by atoms with Crippen molar-refractivity contribution in [1.82, 2.24) is 25.0 Å². The van der Waals surface area contributed by atoms with Crippen molar-refractivity contribution in [1.29, 1.82) is 0 Å². The number of carbonyl (C=O) groups is 1. The highest BCUT2D eigenvalue weighted by Crippen LogP contribution is 2.24. The van der Waals surface area contributed by atoms with Crippen molar-refractivity contribution in [2.45, 2.75) is 18.9 Å². The van der Waals surface area contributed by atoms with E-state index in [2.05, 4.69) is 20.4 Å². The summed E-state index contributed by atoms with van der Waals surface area (Å²) in [5, 5.41) is 9.00. The lowest BCUT2D eigenvalue weighted by atomic mass is 10.1. The van der Waals surface area contributed by atoms with Gasteiger partial charge in [-0.3, -0.25) is 4.79 Å². The number of nitrogens with one attached hydrogen (secondary N) is 1. The molecule has 154 valence electrons. The molecule has 4 rings (SSSR count). The first-order chi connectivity index (χ1) is 14.6. The molecule has 9 heteroatoms. The molecular formula is C21H21N5O3S. The third-order valence-corrected chi connectivity index (χ3v) is 5.51. The summed E-state index contributed by atoms with van der Waals surface area (Å²) in [4.78, 5) is 22.4.